The van der Waals surface area contributed by atoms with Crippen LogP contribution in [0.15, 0.2) is 12.3 Å². The van der Waals surface area contributed by atoms with Crippen molar-refractivity contribution in [1.29, 1.82) is 0 Å². The minimum Gasteiger partial charge on any atom is -0.350 e. The number of aromatic nitrogens is 2. The molecule has 1 saturated carbocycles. The van der Waals surface area contributed by atoms with Gasteiger partial charge in [-0.2, -0.15) is 5.10 Å². The van der Waals surface area contributed by atoms with Gasteiger partial charge in [0.05, 0.1) is 18.2 Å². The molecule has 0 saturated heterocycles. The number of hydrogen-bond acceptors (Lipinski definition) is 3. The first kappa shape index (κ1) is 11.1. The third-order valence-electron chi connectivity index (χ3n) is 3.27. The number of amides is 1. The van der Waals surface area contributed by atoms with Crippen molar-refractivity contribution in [3.8, 4) is 0 Å². The van der Waals surface area contributed by atoms with Crippen molar-refractivity contribution in [3.05, 3.63) is 18.0 Å². The molecule has 1 aromatic rings. The van der Waals surface area contributed by atoms with E-state index in [2.05, 4.69) is 10.4 Å². The van der Waals surface area contributed by atoms with Gasteiger partial charge in [0.15, 0.2) is 0 Å². The minimum absolute atomic E-state index is 0.00627. The van der Waals surface area contributed by atoms with E-state index in [4.69, 9.17) is 5.73 Å². The largest absolute Gasteiger partial charge is 0.350 e. The van der Waals surface area contributed by atoms with Crippen LogP contribution < -0.4 is 11.1 Å². The molecule has 5 nitrogen and oxygen atoms in total. The Morgan fingerprint density at radius 3 is 3.06 bits per heavy atom. The van der Waals surface area contributed by atoms with Crippen LogP contribution in [-0.4, -0.2) is 21.7 Å². The summed E-state index contributed by atoms with van der Waals surface area (Å²) >= 11 is 0. The van der Waals surface area contributed by atoms with Crippen molar-refractivity contribution in [1.82, 2.24) is 15.1 Å². The molecule has 1 aliphatic rings. The van der Waals surface area contributed by atoms with Gasteiger partial charge in [0, 0.05) is 19.3 Å². The smallest absolute Gasteiger partial charge is 0.224 e. The average molecular weight is 222 g/mol. The van der Waals surface area contributed by atoms with E-state index in [1.807, 2.05) is 13.1 Å². The van der Waals surface area contributed by atoms with E-state index in [1.165, 1.54) is 0 Å². The maximum absolute atomic E-state index is 11.8. The molecule has 0 aromatic carbocycles. The molecule has 5 heteroatoms. The number of rotatable bonds is 3. The summed E-state index contributed by atoms with van der Waals surface area (Å²) in [6.45, 7) is 0.526. The minimum atomic E-state index is -0.00627. The van der Waals surface area contributed by atoms with Crippen LogP contribution in [0.1, 0.15) is 25.0 Å². The molecule has 0 radical (unpaired) electrons. The third kappa shape index (κ3) is 2.24. The number of carbonyl (C=O) groups is 1. The molecule has 0 spiro atoms. The highest BCUT2D eigenvalue weighted by atomic mass is 16.1. The SMILES string of the molecule is Cn1nccc1CNC(=O)C1CCCC1N. The lowest BCUT2D eigenvalue weighted by molar-refractivity contribution is -0.125. The van der Waals surface area contributed by atoms with Gasteiger partial charge in [0.2, 0.25) is 5.91 Å². The highest BCUT2D eigenvalue weighted by molar-refractivity contribution is 5.79. The average Bonchev–Trinajstić information content (AvgIpc) is 2.84. The van der Waals surface area contributed by atoms with E-state index in [1.54, 1.807) is 10.9 Å². The summed E-state index contributed by atoms with van der Waals surface area (Å²) in [7, 11) is 1.86. The van der Waals surface area contributed by atoms with Gasteiger partial charge < -0.3 is 11.1 Å². The Morgan fingerprint density at radius 2 is 2.50 bits per heavy atom. The maximum Gasteiger partial charge on any atom is 0.224 e. The molecule has 0 bridgehead atoms. The third-order valence-corrected chi connectivity index (χ3v) is 3.27. The van der Waals surface area contributed by atoms with E-state index < -0.39 is 0 Å². The van der Waals surface area contributed by atoms with Gasteiger partial charge in [-0.3, -0.25) is 9.48 Å². The number of aryl methyl sites for hydroxylation is 1. The zero-order chi connectivity index (χ0) is 11.5. The number of nitrogens with zero attached hydrogens (tertiary/aromatic N) is 2. The van der Waals surface area contributed by atoms with Crippen molar-refractivity contribution in [2.75, 3.05) is 0 Å². The molecule has 88 valence electrons. The standard InChI is InChI=1S/C11H18N4O/c1-15-8(5-6-14-15)7-13-11(16)9-3-2-4-10(9)12/h5-6,9-10H,2-4,7,12H2,1H3,(H,13,16). The Kier molecular flexibility index (Phi) is 3.24. The summed E-state index contributed by atoms with van der Waals surface area (Å²) in [6.07, 6.45) is 4.66. The van der Waals surface area contributed by atoms with Crippen LogP contribution in [0.25, 0.3) is 0 Å². The second-order valence-electron chi connectivity index (χ2n) is 4.37. The summed E-state index contributed by atoms with van der Waals surface area (Å²) in [5, 5.41) is 6.97. The fraction of sp³-hybridized carbons (Fsp3) is 0.636. The van der Waals surface area contributed by atoms with Crippen LogP contribution in [0.2, 0.25) is 0 Å². The van der Waals surface area contributed by atoms with Gasteiger partial charge in [0.1, 0.15) is 0 Å². The predicted molar refractivity (Wildman–Crippen MR) is 60.4 cm³/mol. The number of nitrogens with two attached hydrogens (primary N) is 1. The second-order valence-corrected chi connectivity index (χ2v) is 4.37. The molecular formula is C11H18N4O. The highest BCUT2D eigenvalue weighted by Crippen LogP contribution is 2.23. The first-order chi connectivity index (χ1) is 7.68. The Balaban J connectivity index is 1.86. The van der Waals surface area contributed by atoms with Gasteiger partial charge in [0.25, 0.3) is 0 Å². The van der Waals surface area contributed by atoms with E-state index >= 15 is 0 Å². The van der Waals surface area contributed by atoms with Crippen molar-refractivity contribution in [2.45, 2.75) is 31.8 Å². The summed E-state index contributed by atoms with van der Waals surface area (Å²) in [5.74, 6) is 0.0689. The van der Waals surface area contributed by atoms with Crippen LogP contribution in [0.5, 0.6) is 0 Å². The number of nitrogens with one attached hydrogen (secondary N) is 1. The molecule has 1 aliphatic carbocycles. The van der Waals surface area contributed by atoms with Crippen molar-refractivity contribution in [3.63, 3.8) is 0 Å². The van der Waals surface area contributed by atoms with E-state index in [-0.39, 0.29) is 17.9 Å². The van der Waals surface area contributed by atoms with E-state index in [9.17, 15) is 4.79 Å². The first-order valence-corrected chi connectivity index (χ1v) is 5.68. The Hall–Kier alpha value is -1.36. The molecular weight excluding hydrogens is 204 g/mol. The maximum atomic E-state index is 11.8. The lowest BCUT2D eigenvalue weighted by Crippen LogP contribution is -2.38. The van der Waals surface area contributed by atoms with Crippen molar-refractivity contribution >= 4 is 5.91 Å². The number of hydrogen-bond donors (Lipinski definition) is 2. The van der Waals surface area contributed by atoms with Gasteiger partial charge in [-0.25, -0.2) is 0 Å². The summed E-state index contributed by atoms with van der Waals surface area (Å²) in [5.41, 5.74) is 6.88. The zero-order valence-electron chi connectivity index (χ0n) is 9.52. The monoisotopic (exact) mass is 222 g/mol. The predicted octanol–water partition coefficient (Wildman–Crippen LogP) is 0.164. The molecule has 3 N–H and O–H groups in total. The summed E-state index contributed by atoms with van der Waals surface area (Å²) < 4.78 is 1.76. The number of carbonyl (C=O) groups excluding carboxylic acids is 1. The van der Waals surface area contributed by atoms with Crippen LogP contribution in [0, 0.1) is 5.92 Å². The second kappa shape index (κ2) is 4.65. The Bertz CT molecular complexity index is 374. The lowest BCUT2D eigenvalue weighted by atomic mass is 10.0. The quantitative estimate of drug-likeness (QED) is 0.765. The Labute approximate surface area is 95.0 Å². The van der Waals surface area contributed by atoms with Crippen LogP contribution >= 0.6 is 0 Å². The lowest BCUT2D eigenvalue weighted by Gasteiger charge is -2.15. The Morgan fingerprint density at radius 1 is 1.69 bits per heavy atom. The topological polar surface area (TPSA) is 72.9 Å². The molecule has 2 rings (SSSR count). The van der Waals surface area contributed by atoms with Crippen molar-refractivity contribution in [2.24, 2.45) is 18.7 Å². The van der Waals surface area contributed by atoms with Gasteiger partial charge in [-0.15, -0.1) is 0 Å². The van der Waals surface area contributed by atoms with Gasteiger partial charge in [-0.05, 0) is 18.9 Å². The summed E-state index contributed by atoms with van der Waals surface area (Å²) in [4.78, 5) is 11.8. The van der Waals surface area contributed by atoms with Crippen molar-refractivity contribution < 1.29 is 4.79 Å². The van der Waals surface area contributed by atoms with E-state index in [0.717, 1.165) is 25.0 Å². The van der Waals surface area contributed by atoms with Crippen LogP contribution in [0.3, 0.4) is 0 Å². The summed E-state index contributed by atoms with van der Waals surface area (Å²) in [6, 6.07) is 1.93. The molecule has 0 aliphatic heterocycles. The zero-order valence-corrected chi connectivity index (χ0v) is 9.52. The molecule has 2 atom stereocenters. The molecule has 2 unspecified atom stereocenters. The van der Waals surface area contributed by atoms with E-state index in [0.29, 0.717) is 6.54 Å². The molecule has 1 heterocycles. The van der Waals surface area contributed by atoms with Gasteiger partial charge >= 0.3 is 0 Å². The van der Waals surface area contributed by atoms with Crippen LogP contribution in [-0.2, 0) is 18.4 Å². The molecule has 16 heavy (non-hydrogen) atoms. The normalized spacial score (nSPS) is 24.6. The van der Waals surface area contributed by atoms with Crippen LogP contribution in [0.4, 0.5) is 0 Å². The highest BCUT2D eigenvalue weighted by Gasteiger charge is 2.29. The molecule has 1 aromatic heterocycles. The fourth-order valence-corrected chi connectivity index (χ4v) is 2.20. The molecule has 1 fully saturated rings. The fourth-order valence-electron chi connectivity index (χ4n) is 2.20. The van der Waals surface area contributed by atoms with Gasteiger partial charge in [-0.1, -0.05) is 6.42 Å². The molecule has 1 amide bonds. The first-order valence-electron chi connectivity index (χ1n) is 5.68.